The molecule has 0 atom stereocenters. The number of nitrogens with zero attached hydrogens (tertiary/aromatic N) is 8. The lowest BCUT2D eigenvalue weighted by atomic mass is 10.0. The Morgan fingerprint density at radius 3 is 1.41 bits per heavy atom. The number of carbonyl (C=O) groups excluding carboxylic acids is 1. The number of rotatable bonds is 13. The average Bonchev–Trinajstić information content (AvgIpc) is 1.78. The van der Waals surface area contributed by atoms with Gasteiger partial charge < -0.3 is 9.26 Å². The summed E-state index contributed by atoms with van der Waals surface area (Å²) in [6, 6.07) is 43.7. The Hall–Kier alpha value is -8.00. The van der Waals surface area contributed by atoms with E-state index in [9.17, 15) is 9.18 Å². The number of benzene rings is 5. The summed E-state index contributed by atoms with van der Waals surface area (Å²) in [6.07, 6.45) is 0. The van der Waals surface area contributed by atoms with Gasteiger partial charge in [0.2, 0.25) is 5.89 Å². The predicted molar refractivity (Wildman–Crippen MR) is 430 cm³/mol. The topological polar surface area (TPSA) is 158 Å². The highest BCUT2D eigenvalue weighted by Gasteiger charge is 2.15. The number of H-pyrrole nitrogens is 1. The minimum absolute atomic E-state index is 0. The molecule has 0 saturated carbocycles. The van der Waals surface area contributed by atoms with Crippen molar-refractivity contribution >= 4 is 62.7 Å². The van der Waals surface area contributed by atoms with Crippen LogP contribution in [0.15, 0.2) is 160 Å². The molecule has 0 radical (unpaired) electrons. The van der Waals surface area contributed by atoms with Crippen molar-refractivity contribution in [2.24, 2.45) is 0 Å². The maximum atomic E-state index is 13.5. The van der Waals surface area contributed by atoms with E-state index in [0.29, 0.717) is 69.4 Å². The quantitative estimate of drug-likeness (QED) is 0.0865. The third kappa shape index (κ3) is 29.5. The second-order valence-electron chi connectivity index (χ2n) is 26.7. The zero-order valence-electron chi connectivity index (χ0n) is 62.9. The molecule has 0 unspecified atom stereocenters. The van der Waals surface area contributed by atoms with Gasteiger partial charge in [-0.1, -0.05) is 225 Å². The first-order valence-electron chi connectivity index (χ1n) is 34.2. The van der Waals surface area contributed by atoms with Crippen LogP contribution in [-0.4, -0.2) is 51.2 Å². The first kappa shape index (κ1) is 85.4. The van der Waals surface area contributed by atoms with Crippen molar-refractivity contribution in [1.29, 1.82) is 0 Å². The molecule has 1 N–H and O–H groups in total. The second-order valence-corrected chi connectivity index (χ2v) is 31.5. The summed E-state index contributed by atoms with van der Waals surface area (Å²) in [5.74, 6) is 7.22. The Balaban J connectivity index is 0.000000248. The van der Waals surface area contributed by atoms with Crippen LogP contribution >= 0.6 is 56.7 Å². The number of thiazole rings is 4. The monoisotopic (exact) mass is 1460 g/mol. The summed E-state index contributed by atoms with van der Waals surface area (Å²) in [5.41, 5.74) is 13.7. The molecule has 540 valence electrons. The first-order valence-corrected chi connectivity index (χ1v) is 38.5. The van der Waals surface area contributed by atoms with Crippen molar-refractivity contribution in [1.82, 2.24) is 45.3 Å². The number of hydrogen-bond acceptors (Lipinski definition) is 16. The van der Waals surface area contributed by atoms with Crippen LogP contribution in [0.25, 0.3) is 33.8 Å². The van der Waals surface area contributed by atoms with Crippen molar-refractivity contribution in [3.8, 4) is 39.5 Å². The molecule has 12 nitrogen and oxygen atoms in total. The highest BCUT2D eigenvalue weighted by molar-refractivity contribution is 7.14. The molecule has 0 amide bonds. The number of thiophene rings is 1. The highest BCUT2D eigenvalue weighted by atomic mass is 32.1. The van der Waals surface area contributed by atoms with Crippen molar-refractivity contribution in [3.63, 3.8) is 0 Å². The van der Waals surface area contributed by atoms with E-state index in [1.807, 2.05) is 94.6 Å². The number of halogens is 1. The van der Waals surface area contributed by atoms with Gasteiger partial charge in [0.1, 0.15) is 22.3 Å². The van der Waals surface area contributed by atoms with Gasteiger partial charge in [-0.25, -0.2) is 34.1 Å². The van der Waals surface area contributed by atoms with Crippen LogP contribution in [0.2, 0.25) is 0 Å². The average molecular weight is 1460 g/mol. The van der Waals surface area contributed by atoms with Gasteiger partial charge in [0.15, 0.2) is 11.6 Å². The molecular weight excluding hydrogens is 1350 g/mol. The van der Waals surface area contributed by atoms with Gasteiger partial charge in [-0.2, -0.15) is 10.1 Å². The zero-order chi connectivity index (χ0) is 73.8. The van der Waals surface area contributed by atoms with Crippen LogP contribution in [0.5, 0.6) is 5.75 Å². The fourth-order valence-electron chi connectivity index (χ4n) is 8.72. The Labute approximate surface area is 622 Å². The molecule has 12 aromatic rings. The molecule has 0 aliphatic carbocycles. The summed E-state index contributed by atoms with van der Waals surface area (Å²) in [7, 11) is 0. The van der Waals surface area contributed by atoms with Crippen LogP contribution in [0.3, 0.4) is 0 Å². The molecule has 0 saturated heterocycles. The van der Waals surface area contributed by atoms with E-state index < -0.39 is 0 Å². The molecule has 0 fully saturated rings. The Morgan fingerprint density at radius 1 is 0.455 bits per heavy atom. The van der Waals surface area contributed by atoms with E-state index in [1.165, 1.54) is 71.4 Å². The van der Waals surface area contributed by atoms with E-state index in [0.717, 1.165) is 50.1 Å². The van der Waals surface area contributed by atoms with Gasteiger partial charge in [-0.15, -0.1) is 56.7 Å². The third-order valence-electron chi connectivity index (χ3n) is 14.7. The molecule has 7 heterocycles. The van der Waals surface area contributed by atoms with Crippen LogP contribution in [0.4, 0.5) is 4.39 Å². The second kappa shape index (κ2) is 43.1. The Morgan fingerprint density at radius 2 is 0.970 bits per heavy atom. The molecular formula is C83H108FN9O3S5. The number of hydrogen-bond donors (Lipinski definition) is 1. The summed E-state index contributed by atoms with van der Waals surface area (Å²) in [4.78, 5) is 39.9. The number of ether oxygens (including phenoxy) is 1. The maximum absolute atomic E-state index is 13.5. The zero-order valence-corrected chi connectivity index (χ0v) is 66.9. The van der Waals surface area contributed by atoms with Crippen LogP contribution in [-0.2, 0) is 0 Å². The maximum Gasteiger partial charge on any atom is 0.353 e. The summed E-state index contributed by atoms with van der Waals surface area (Å²) in [6.45, 7) is 48.2. The van der Waals surface area contributed by atoms with Crippen molar-refractivity contribution in [3.05, 3.63) is 247 Å². The fourth-order valence-corrected chi connectivity index (χ4v) is 12.8. The van der Waals surface area contributed by atoms with Gasteiger partial charge in [0, 0.05) is 91.2 Å². The lowest BCUT2D eigenvalue weighted by molar-refractivity contribution is 0.0739. The predicted octanol–water partition coefficient (Wildman–Crippen LogP) is 26.0. The normalized spacial score (nSPS) is 10.7. The summed E-state index contributed by atoms with van der Waals surface area (Å²) < 4.78 is 23.6. The smallest absolute Gasteiger partial charge is 0.353 e. The summed E-state index contributed by atoms with van der Waals surface area (Å²) >= 11 is 8.28. The molecule has 5 aromatic carbocycles. The van der Waals surface area contributed by atoms with E-state index in [4.69, 9.17) is 14.2 Å². The number of aryl methyl sites for hydroxylation is 7. The number of carbonyl (C=O) groups is 1. The number of aromatic nitrogens is 9. The minimum atomic E-state index is -0.283. The standard InChI is InChI=1S/C15H16O2S.C14H17NS.C12H12FNS.C12H13NS.C10H14.C7H11NS.C6H11N3.C6H10N2O.CH4/c1-10(2)12-5-4-6-13(9-12)17-15(16)14-8-7-11(3)18-14;1-9(2)14-15-13(8-16-14)12-7-10(3)5-6-11(12)4;1-8(2)12-14-11(7-15-12)9-5-3-4-6-10(9)13;1-9(2)12-13-11(8-14-12)10-6-4-3-5-7-10;1-8(2)10-6-4-9(3)5-7-10;1-5(2)7-8-6(3)4-9-7;1-4(2)6-7-5(3)8-9-6;1-4(2)6-7-5(3)9-8-6;/h4-10H,1-3H3;5-9H,1-4H3;3-8H,1-2H3;3-9H,1-2H3;4-8H,1-3H3;4-5H,1-3H3;4H,1-3H3,(H,7,8,9);4H,1-3H3;1H4. The molecule has 12 rings (SSSR count). The Kier molecular flexibility index (Phi) is 36.4. The minimum Gasteiger partial charge on any atom is -0.422 e. The van der Waals surface area contributed by atoms with Gasteiger partial charge in [0.25, 0.3) is 0 Å². The van der Waals surface area contributed by atoms with Crippen LogP contribution in [0, 0.1) is 54.3 Å². The van der Waals surface area contributed by atoms with Gasteiger partial charge in [-0.3, -0.25) is 5.10 Å². The van der Waals surface area contributed by atoms with Crippen LogP contribution in [0.1, 0.15) is 257 Å². The van der Waals surface area contributed by atoms with Crippen LogP contribution < -0.4 is 4.74 Å². The number of nitrogens with one attached hydrogen (secondary N) is 1. The van der Waals surface area contributed by atoms with Gasteiger partial charge >= 0.3 is 5.97 Å². The first-order chi connectivity index (χ1) is 47.4. The molecule has 101 heavy (non-hydrogen) atoms. The highest BCUT2D eigenvalue weighted by Crippen LogP contribution is 2.31. The van der Waals surface area contributed by atoms with Gasteiger partial charge in [0.05, 0.1) is 37.1 Å². The molecule has 18 heteroatoms. The fraction of sp³-hybridized carbons (Fsp3) is 0.386. The molecule has 0 aliphatic heterocycles. The van der Waals surface area contributed by atoms with Crippen molar-refractivity contribution in [2.45, 2.75) is 214 Å². The number of esters is 1. The lowest BCUT2D eigenvalue weighted by Gasteiger charge is -2.08. The largest absolute Gasteiger partial charge is 0.422 e. The molecule has 0 spiro atoms. The lowest BCUT2D eigenvalue weighted by Crippen LogP contribution is -2.06. The summed E-state index contributed by atoms with van der Waals surface area (Å²) in [5, 5.41) is 23.5. The SMILES string of the molecule is C.CC(C)c1nc(-c2ccccc2)cs1.CC(C)c1nc(-c2ccccc2F)cs1.Cc1ccc(C(=O)Oc2cccc(C(C)C)c2)s1.Cc1ccc(C(C)C)cc1.Cc1ccc(C)c(-c2csc(C(C)C)n2)c1.Cc1csc(C(C)C)n1.Cc1nc(C(C)C)n[nH]1.Cc1nc(C(C)C)no1. The molecule has 0 bridgehead atoms. The number of aromatic amines is 1. The van der Waals surface area contributed by atoms with E-state index >= 15 is 0 Å². The molecule has 7 aromatic heterocycles. The molecule has 0 aliphatic rings. The van der Waals surface area contributed by atoms with Gasteiger partial charge in [-0.05, 0) is 113 Å². The van der Waals surface area contributed by atoms with E-state index in [2.05, 4.69) is 229 Å². The Bertz CT molecular complexity index is 4190. The van der Waals surface area contributed by atoms with E-state index in [-0.39, 0.29) is 19.2 Å². The van der Waals surface area contributed by atoms with Crippen molar-refractivity contribution < 1.29 is 18.4 Å². The van der Waals surface area contributed by atoms with Crippen molar-refractivity contribution in [2.75, 3.05) is 0 Å². The van der Waals surface area contributed by atoms with E-state index in [1.54, 1.807) is 70.5 Å². The third-order valence-corrected chi connectivity index (χ3v) is 20.4.